The number of carboxylic acid groups (broad SMARTS) is 1. The number of hydrogen-bond donors (Lipinski definition) is 2. The smallest absolute Gasteiger partial charge is 0.332 e. The summed E-state index contributed by atoms with van der Waals surface area (Å²) in [4.78, 5) is 22.5. The Balaban J connectivity index is 2.43. The lowest BCUT2D eigenvalue weighted by atomic mass is 10.5. The average molecular weight is 227 g/mol. The van der Waals surface area contributed by atoms with Crippen LogP contribution in [0.2, 0.25) is 0 Å². The fraction of sp³-hybridized carbons (Fsp3) is 0.444. The van der Waals surface area contributed by atoms with Crippen molar-refractivity contribution < 1.29 is 19.5 Å². The van der Waals surface area contributed by atoms with E-state index in [1.165, 1.54) is 12.4 Å². The second-order valence-electron chi connectivity index (χ2n) is 2.87. The summed E-state index contributed by atoms with van der Waals surface area (Å²) in [5.74, 6) is -0.301. The number of aromatic nitrogens is 2. The Bertz CT molecular complexity index is 345. The van der Waals surface area contributed by atoms with Crippen molar-refractivity contribution in [1.82, 2.24) is 9.97 Å². The van der Waals surface area contributed by atoms with Crippen LogP contribution >= 0.6 is 0 Å². The van der Waals surface area contributed by atoms with Gasteiger partial charge < -0.3 is 9.84 Å². The molecule has 7 heteroatoms. The van der Waals surface area contributed by atoms with Gasteiger partial charge in [-0.1, -0.05) is 6.92 Å². The maximum Gasteiger partial charge on any atom is 0.332 e. The number of anilines is 1. The van der Waals surface area contributed by atoms with Crippen LogP contribution in [-0.4, -0.2) is 34.3 Å². The van der Waals surface area contributed by atoms with Crippen LogP contribution in [0.4, 0.5) is 5.82 Å². The number of hydrogen-bond acceptors (Lipinski definition) is 6. The number of carbonyl (C=O) groups is 1. The molecule has 1 rings (SSSR count). The maximum atomic E-state index is 10.2. The van der Waals surface area contributed by atoms with Crippen molar-refractivity contribution in [3.63, 3.8) is 0 Å². The third kappa shape index (κ3) is 4.56. The zero-order chi connectivity index (χ0) is 11.8. The summed E-state index contributed by atoms with van der Waals surface area (Å²) >= 11 is 0. The predicted octanol–water partition coefficient (Wildman–Crippen LogP) is 0.694. The van der Waals surface area contributed by atoms with Crippen LogP contribution in [0.1, 0.15) is 13.3 Å². The molecule has 0 spiro atoms. The lowest BCUT2D eigenvalue weighted by molar-refractivity contribution is -0.141. The quantitative estimate of drug-likeness (QED) is 0.662. The first kappa shape index (κ1) is 12.2. The van der Waals surface area contributed by atoms with Gasteiger partial charge in [0.25, 0.3) is 0 Å². The Morgan fingerprint density at radius 1 is 1.56 bits per heavy atom. The van der Waals surface area contributed by atoms with Crippen LogP contribution in [0.3, 0.4) is 0 Å². The van der Waals surface area contributed by atoms with E-state index in [-0.39, 0.29) is 0 Å². The maximum absolute atomic E-state index is 10.2. The highest BCUT2D eigenvalue weighted by atomic mass is 16.7. The molecule has 0 unspecified atom stereocenters. The molecule has 16 heavy (non-hydrogen) atoms. The van der Waals surface area contributed by atoms with Crippen LogP contribution in [0, 0.1) is 0 Å². The minimum Gasteiger partial charge on any atom is -0.479 e. The van der Waals surface area contributed by atoms with Crippen LogP contribution < -0.4 is 10.2 Å². The van der Waals surface area contributed by atoms with Gasteiger partial charge in [-0.05, 0) is 6.42 Å². The monoisotopic (exact) mass is 227 g/mol. The van der Waals surface area contributed by atoms with Crippen molar-refractivity contribution >= 4 is 11.8 Å². The first-order chi connectivity index (χ1) is 7.72. The molecule has 0 saturated carbocycles. The highest BCUT2D eigenvalue weighted by Crippen LogP contribution is 2.10. The highest BCUT2D eigenvalue weighted by molar-refractivity contribution is 5.68. The van der Waals surface area contributed by atoms with Gasteiger partial charge in [0.1, 0.15) is 6.33 Å². The molecule has 1 heterocycles. The van der Waals surface area contributed by atoms with Crippen molar-refractivity contribution in [2.45, 2.75) is 13.3 Å². The summed E-state index contributed by atoms with van der Waals surface area (Å²) in [5, 5.41) is 8.34. The Hall–Kier alpha value is -1.89. The standard InChI is InChI=1S/C9H13N3O4/c1-2-3-15-8-4-7(10-6-11-8)12-16-5-9(13)14/h4,6H,2-3,5H2,1H3,(H,13,14)(H,10,11,12). The van der Waals surface area contributed by atoms with E-state index in [0.717, 1.165) is 6.42 Å². The summed E-state index contributed by atoms with van der Waals surface area (Å²) < 4.78 is 5.26. The molecule has 0 saturated heterocycles. The summed E-state index contributed by atoms with van der Waals surface area (Å²) in [7, 11) is 0. The predicted molar refractivity (Wildman–Crippen MR) is 55.0 cm³/mol. The largest absolute Gasteiger partial charge is 0.479 e. The van der Waals surface area contributed by atoms with E-state index in [4.69, 9.17) is 9.84 Å². The average Bonchev–Trinajstić information content (AvgIpc) is 2.26. The van der Waals surface area contributed by atoms with Gasteiger partial charge in [-0.15, -0.1) is 0 Å². The van der Waals surface area contributed by atoms with E-state index >= 15 is 0 Å². The molecule has 0 amide bonds. The summed E-state index contributed by atoms with van der Waals surface area (Å²) in [6.45, 7) is 2.10. The molecule has 1 aromatic heterocycles. The summed E-state index contributed by atoms with van der Waals surface area (Å²) in [5.41, 5.74) is 2.38. The zero-order valence-corrected chi connectivity index (χ0v) is 8.84. The second kappa shape index (κ2) is 6.57. The summed E-state index contributed by atoms with van der Waals surface area (Å²) in [6, 6.07) is 1.53. The molecular formula is C9H13N3O4. The Morgan fingerprint density at radius 3 is 3.06 bits per heavy atom. The molecule has 0 radical (unpaired) electrons. The van der Waals surface area contributed by atoms with Crippen molar-refractivity contribution in [3.05, 3.63) is 12.4 Å². The van der Waals surface area contributed by atoms with Crippen LogP contribution in [0.25, 0.3) is 0 Å². The fourth-order valence-corrected chi connectivity index (χ4v) is 0.853. The first-order valence-electron chi connectivity index (χ1n) is 4.76. The number of nitrogens with one attached hydrogen (secondary N) is 1. The van der Waals surface area contributed by atoms with E-state index in [1.54, 1.807) is 0 Å². The molecule has 0 atom stereocenters. The van der Waals surface area contributed by atoms with Gasteiger partial charge >= 0.3 is 5.97 Å². The van der Waals surface area contributed by atoms with Gasteiger partial charge in [-0.2, -0.15) is 0 Å². The molecule has 0 bridgehead atoms. The van der Waals surface area contributed by atoms with E-state index in [2.05, 4.69) is 20.3 Å². The molecule has 0 fully saturated rings. The van der Waals surface area contributed by atoms with Crippen LogP contribution in [-0.2, 0) is 9.63 Å². The van der Waals surface area contributed by atoms with Crippen molar-refractivity contribution in [2.24, 2.45) is 0 Å². The highest BCUT2D eigenvalue weighted by Gasteiger charge is 2.01. The minimum absolute atomic E-state index is 0.349. The molecule has 2 N–H and O–H groups in total. The topological polar surface area (TPSA) is 93.6 Å². The van der Waals surface area contributed by atoms with Gasteiger partial charge in [0.2, 0.25) is 5.88 Å². The Morgan fingerprint density at radius 2 is 2.38 bits per heavy atom. The van der Waals surface area contributed by atoms with Crippen molar-refractivity contribution in [3.8, 4) is 5.88 Å². The molecule has 0 aliphatic carbocycles. The number of carboxylic acids is 1. The third-order valence-corrected chi connectivity index (χ3v) is 1.47. The Kier molecular flexibility index (Phi) is 5.00. The van der Waals surface area contributed by atoms with Gasteiger partial charge in [0.15, 0.2) is 12.4 Å². The molecule has 1 aromatic rings. The zero-order valence-electron chi connectivity index (χ0n) is 8.84. The normalized spacial score (nSPS) is 9.81. The van der Waals surface area contributed by atoms with Crippen molar-refractivity contribution in [1.29, 1.82) is 0 Å². The van der Waals surface area contributed by atoms with E-state index < -0.39 is 12.6 Å². The molecule has 88 valence electrons. The van der Waals surface area contributed by atoms with Gasteiger partial charge in [0, 0.05) is 6.07 Å². The van der Waals surface area contributed by atoms with E-state index in [9.17, 15) is 4.79 Å². The minimum atomic E-state index is -1.07. The fourth-order valence-electron chi connectivity index (χ4n) is 0.853. The van der Waals surface area contributed by atoms with Crippen LogP contribution in [0.15, 0.2) is 12.4 Å². The first-order valence-corrected chi connectivity index (χ1v) is 4.76. The molecule has 0 aliphatic heterocycles. The second-order valence-corrected chi connectivity index (χ2v) is 2.87. The molecule has 0 aliphatic rings. The molecular weight excluding hydrogens is 214 g/mol. The van der Waals surface area contributed by atoms with E-state index in [0.29, 0.717) is 18.3 Å². The summed E-state index contributed by atoms with van der Waals surface area (Å²) in [6.07, 6.45) is 2.18. The van der Waals surface area contributed by atoms with Gasteiger partial charge in [0.05, 0.1) is 6.61 Å². The lowest BCUT2D eigenvalue weighted by Crippen LogP contribution is -2.12. The Labute approximate surface area is 92.4 Å². The molecule has 7 nitrogen and oxygen atoms in total. The molecule has 0 aromatic carbocycles. The number of nitrogens with zero attached hydrogens (tertiary/aromatic N) is 2. The van der Waals surface area contributed by atoms with Gasteiger partial charge in [-0.3, -0.25) is 4.84 Å². The number of aliphatic carboxylic acids is 1. The SMILES string of the molecule is CCCOc1cc(NOCC(=O)O)ncn1. The van der Waals surface area contributed by atoms with Gasteiger partial charge in [-0.25, -0.2) is 20.2 Å². The van der Waals surface area contributed by atoms with E-state index in [1.807, 2.05) is 6.92 Å². The number of rotatable bonds is 7. The lowest BCUT2D eigenvalue weighted by Gasteiger charge is -2.06. The number of ether oxygens (including phenoxy) is 1. The third-order valence-electron chi connectivity index (χ3n) is 1.47. The van der Waals surface area contributed by atoms with Crippen molar-refractivity contribution in [2.75, 3.05) is 18.7 Å². The van der Waals surface area contributed by atoms with Crippen LogP contribution in [0.5, 0.6) is 5.88 Å².